The second kappa shape index (κ2) is 7.33. The topological polar surface area (TPSA) is 57.2 Å². The Kier molecular flexibility index (Phi) is 7.64. The van der Waals surface area contributed by atoms with Crippen molar-refractivity contribution in [2.24, 2.45) is 0 Å². The molecule has 0 atom stereocenters. The van der Waals surface area contributed by atoms with Crippen molar-refractivity contribution in [2.45, 2.75) is 35.1 Å². The maximum absolute atomic E-state index is 12.7. The van der Waals surface area contributed by atoms with Gasteiger partial charge in [-0.05, 0) is 0 Å². The summed E-state index contributed by atoms with van der Waals surface area (Å²) in [6.07, 6.45) is -7.61. The average molecular weight is 473 g/mol. The molecule has 0 aliphatic rings. The van der Waals surface area contributed by atoms with Gasteiger partial charge in [0.15, 0.2) is 10.1 Å². The highest BCUT2D eigenvalue weighted by Gasteiger charge is 2.91. The van der Waals surface area contributed by atoms with E-state index in [0.717, 1.165) is 4.48 Å². The molecule has 0 spiro atoms. The molecule has 0 aromatic heterocycles. The van der Waals surface area contributed by atoms with Crippen LogP contribution in [-0.2, 0) is 10.1 Å². The molecule has 0 saturated heterocycles. The van der Waals surface area contributed by atoms with E-state index in [0.29, 0.717) is 0 Å². The first-order chi connectivity index (χ1) is 11.5. The van der Waals surface area contributed by atoms with Crippen LogP contribution >= 0.6 is 0 Å². The molecule has 0 N–H and O–H groups in total. The molecule has 0 radical (unpaired) electrons. The van der Waals surface area contributed by atoms with Crippen molar-refractivity contribution < 1.29 is 74.5 Å². The Hall–Kier alpha value is -1.04. The summed E-state index contributed by atoms with van der Waals surface area (Å²) in [5.74, 6) is -32.6. The third kappa shape index (κ3) is 5.11. The van der Waals surface area contributed by atoms with Gasteiger partial charge in [-0.15, -0.1) is 0 Å². The van der Waals surface area contributed by atoms with Crippen LogP contribution in [-0.4, -0.2) is 80.8 Å². The van der Waals surface area contributed by atoms with Gasteiger partial charge in [0, 0.05) is 0 Å². The molecule has 172 valence electrons. The van der Waals surface area contributed by atoms with Crippen LogP contribution in [0.2, 0.25) is 0 Å². The zero-order valence-corrected chi connectivity index (χ0v) is 14.8. The first kappa shape index (κ1) is 29.2. The molecular weight excluding hydrogens is 461 g/mol. The molecule has 4 nitrogen and oxygen atoms in total. The van der Waals surface area contributed by atoms with E-state index in [1.54, 1.807) is 0 Å². The fraction of sp³-hybridized carbons (Fsp3) is 1.00. The van der Waals surface area contributed by atoms with E-state index in [1.807, 2.05) is 0 Å². The van der Waals surface area contributed by atoms with Crippen LogP contribution in [0, 0.1) is 0 Å². The van der Waals surface area contributed by atoms with Crippen molar-refractivity contribution in [3.05, 3.63) is 0 Å². The van der Waals surface area contributed by atoms with Crippen LogP contribution in [0.4, 0.5) is 57.1 Å². The maximum Gasteiger partial charge on any atom is 0.460 e. The fourth-order valence-corrected chi connectivity index (χ4v) is 1.35. The molecule has 28 heavy (non-hydrogen) atoms. The van der Waals surface area contributed by atoms with Crippen molar-refractivity contribution in [3.8, 4) is 0 Å². The number of rotatable bonds is 5. The van der Waals surface area contributed by atoms with E-state index in [2.05, 4.69) is 28.2 Å². The Morgan fingerprint density at radius 1 is 0.571 bits per heavy atom. The highest BCUT2D eigenvalue weighted by molar-refractivity contribution is 7.86. The maximum atomic E-state index is 12.7. The lowest BCUT2D eigenvalue weighted by atomic mass is 9.98. The van der Waals surface area contributed by atoms with E-state index >= 15 is 0 Å². The number of hydrogen-bond acceptors (Lipinski definition) is 3. The minimum Gasteiger partial charge on any atom is -0.743 e. The van der Waals surface area contributed by atoms with Gasteiger partial charge in [0.25, 0.3) is 0 Å². The minimum absolute atomic E-state index is 1.00. The summed E-state index contributed by atoms with van der Waals surface area (Å²) in [7, 11) is 0.643. The molecule has 0 aromatic rings. The second-order valence-electron chi connectivity index (χ2n) is 6.45. The quantitative estimate of drug-likeness (QED) is 0.349. The summed E-state index contributed by atoms with van der Waals surface area (Å²) >= 11 is 0. The van der Waals surface area contributed by atoms with Crippen molar-refractivity contribution in [2.75, 3.05) is 28.2 Å². The van der Waals surface area contributed by atoms with E-state index in [4.69, 9.17) is 0 Å². The molecular formula is C10H12F13NO3S. The lowest BCUT2D eigenvalue weighted by molar-refractivity contribution is -0.849. The Balaban J connectivity index is 0. The molecule has 18 heteroatoms. The predicted octanol–water partition coefficient (Wildman–Crippen LogP) is 3.55. The standard InChI is InChI=1S/C6HF13O3S.C4H12N/c7-1(8,3(11,12)5(15,16)17)2(9,10)4(13,14)6(18,19)23(20,21)22;1-5(2,3)4/h(H,20,21,22);1-4H3/q;+1/p-1. The summed E-state index contributed by atoms with van der Waals surface area (Å²) in [6, 6.07) is 0. The molecule has 0 saturated carbocycles. The predicted molar refractivity (Wildman–Crippen MR) is 64.4 cm³/mol. The van der Waals surface area contributed by atoms with Gasteiger partial charge < -0.3 is 9.04 Å². The molecule has 0 bridgehead atoms. The minimum atomic E-state index is -8.29. The number of quaternary nitrogens is 1. The highest BCUT2D eigenvalue weighted by Crippen LogP contribution is 2.60. The van der Waals surface area contributed by atoms with Crippen molar-refractivity contribution in [1.82, 2.24) is 0 Å². The molecule has 0 aromatic carbocycles. The summed E-state index contributed by atoms with van der Waals surface area (Å²) in [4.78, 5) is 0. The van der Waals surface area contributed by atoms with E-state index in [1.165, 1.54) is 0 Å². The molecule has 0 aliphatic heterocycles. The van der Waals surface area contributed by atoms with Gasteiger partial charge in [-0.2, -0.15) is 57.1 Å². The van der Waals surface area contributed by atoms with Gasteiger partial charge in [-0.3, -0.25) is 0 Å². The summed E-state index contributed by atoms with van der Waals surface area (Å²) < 4.78 is 190. The van der Waals surface area contributed by atoms with Crippen LogP contribution in [0.3, 0.4) is 0 Å². The largest absolute Gasteiger partial charge is 0.743 e. The van der Waals surface area contributed by atoms with Crippen molar-refractivity contribution >= 4 is 10.1 Å². The normalized spacial score (nSPS) is 15.8. The van der Waals surface area contributed by atoms with Crippen LogP contribution in [0.15, 0.2) is 0 Å². The zero-order chi connectivity index (χ0) is 24.0. The van der Waals surface area contributed by atoms with Gasteiger partial charge in [0.2, 0.25) is 0 Å². The Morgan fingerprint density at radius 3 is 0.964 bits per heavy atom. The van der Waals surface area contributed by atoms with Gasteiger partial charge in [0.1, 0.15) is 0 Å². The van der Waals surface area contributed by atoms with E-state index in [-0.39, 0.29) is 0 Å². The Bertz CT molecular complexity index is 642. The summed E-state index contributed by atoms with van der Waals surface area (Å²) in [6.45, 7) is 0. The molecule has 0 aliphatic carbocycles. The third-order valence-corrected chi connectivity index (χ3v) is 3.10. The van der Waals surface area contributed by atoms with E-state index in [9.17, 15) is 70.0 Å². The number of alkyl halides is 13. The number of nitrogens with zero attached hydrogens (tertiary/aromatic N) is 1. The zero-order valence-electron chi connectivity index (χ0n) is 14.0. The van der Waals surface area contributed by atoms with Crippen LogP contribution < -0.4 is 0 Å². The van der Waals surface area contributed by atoms with Gasteiger partial charge in [-0.1, -0.05) is 0 Å². The SMILES string of the molecule is C[N+](C)(C)C.O=S(=O)([O-])C(F)(F)C(F)(F)C(F)(F)C(F)(F)C(F)(F)C(F)(F)F. The molecule has 0 fully saturated rings. The Morgan fingerprint density at radius 2 is 0.786 bits per heavy atom. The Labute approximate surface area is 149 Å². The van der Waals surface area contributed by atoms with Crippen LogP contribution in [0.1, 0.15) is 0 Å². The van der Waals surface area contributed by atoms with E-state index < -0.39 is 45.2 Å². The van der Waals surface area contributed by atoms with Gasteiger partial charge in [0.05, 0.1) is 28.2 Å². The first-order valence-corrected chi connectivity index (χ1v) is 7.61. The number of hydrogen-bond donors (Lipinski definition) is 0. The molecule has 0 amide bonds. The van der Waals surface area contributed by atoms with Crippen molar-refractivity contribution in [3.63, 3.8) is 0 Å². The monoisotopic (exact) mass is 473 g/mol. The first-order valence-electron chi connectivity index (χ1n) is 6.20. The van der Waals surface area contributed by atoms with Crippen molar-refractivity contribution in [1.29, 1.82) is 0 Å². The third-order valence-electron chi connectivity index (χ3n) is 2.22. The average Bonchev–Trinajstić information content (AvgIpc) is 2.32. The highest BCUT2D eigenvalue weighted by atomic mass is 32.2. The lowest BCUT2D eigenvalue weighted by Gasteiger charge is -2.39. The van der Waals surface area contributed by atoms with Crippen LogP contribution in [0.25, 0.3) is 0 Å². The fourth-order valence-electron chi connectivity index (χ4n) is 0.912. The number of halogens is 13. The summed E-state index contributed by atoms with van der Waals surface area (Å²) in [5, 5.41) is -7.63. The van der Waals surface area contributed by atoms with Gasteiger partial charge in [-0.25, -0.2) is 8.42 Å². The second-order valence-corrected chi connectivity index (χ2v) is 7.87. The molecule has 0 unspecified atom stereocenters. The summed E-state index contributed by atoms with van der Waals surface area (Å²) in [5.41, 5.74) is 0. The van der Waals surface area contributed by atoms with Crippen LogP contribution in [0.5, 0.6) is 0 Å². The lowest BCUT2D eigenvalue weighted by Crippen LogP contribution is -2.71. The molecule has 0 rings (SSSR count). The molecule has 0 heterocycles. The smallest absolute Gasteiger partial charge is 0.460 e. The van der Waals surface area contributed by atoms with Gasteiger partial charge >= 0.3 is 35.1 Å².